The summed E-state index contributed by atoms with van der Waals surface area (Å²) in [5.74, 6) is 1.51. The zero-order chi connectivity index (χ0) is 13.0. The van der Waals surface area contributed by atoms with Gasteiger partial charge in [0.2, 0.25) is 0 Å². The summed E-state index contributed by atoms with van der Waals surface area (Å²) in [5, 5.41) is 0.595. The molecule has 0 aromatic heterocycles. The average Bonchev–Trinajstić information content (AvgIpc) is 2.38. The fraction of sp³-hybridized carbons (Fsp3) is 0.143. The van der Waals surface area contributed by atoms with Crippen LogP contribution < -0.4 is 9.47 Å². The fourth-order valence-corrected chi connectivity index (χ4v) is 2.20. The maximum absolute atomic E-state index is 6.07. The Balaban J connectivity index is 2.02. The smallest absolute Gasteiger partial charge is 0.138 e. The summed E-state index contributed by atoms with van der Waals surface area (Å²) in [6.45, 7) is 0.478. The predicted octanol–water partition coefficient (Wildman–Crippen LogP) is 4.69. The lowest BCUT2D eigenvalue weighted by atomic mass is 10.2. The molecule has 0 aliphatic rings. The minimum atomic E-state index is 0.478. The van der Waals surface area contributed by atoms with E-state index in [2.05, 4.69) is 15.9 Å². The zero-order valence-corrected chi connectivity index (χ0v) is 12.2. The summed E-state index contributed by atoms with van der Waals surface area (Å²) in [6, 6.07) is 13.3. The van der Waals surface area contributed by atoms with Gasteiger partial charge in [-0.3, -0.25) is 0 Å². The highest BCUT2D eigenvalue weighted by atomic mass is 79.9. The SMILES string of the molecule is COc1ccc(COc2ccc(Br)cc2Cl)cc1. The molecule has 0 bridgehead atoms. The molecule has 0 atom stereocenters. The second-order valence-electron chi connectivity index (χ2n) is 3.71. The van der Waals surface area contributed by atoms with Crippen LogP contribution in [0.2, 0.25) is 5.02 Å². The third kappa shape index (κ3) is 3.40. The van der Waals surface area contributed by atoms with Crippen molar-refractivity contribution in [1.29, 1.82) is 0 Å². The summed E-state index contributed by atoms with van der Waals surface area (Å²) in [6.07, 6.45) is 0. The Kier molecular flexibility index (Phi) is 4.50. The van der Waals surface area contributed by atoms with Crippen molar-refractivity contribution in [2.45, 2.75) is 6.61 Å². The molecule has 18 heavy (non-hydrogen) atoms. The first-order valence-corrected chi connectivity index (χ1v) is 6.57. The van der Waals surface area contributed by atoms with Gasteiger partial charge in [-0.1, -0.05) is 39.7 Å². The molecule has 2 aromatic carbocycles. The first-order chi connectivity index (χ1) is 8.69. The number of benzene rings is 2. The van der Waals surface area contributed by atoms with E-state index in [4.69, 9.17) is 21.1 Å². The van der Waals surface area contributed by atoms with E-state index in [0.717, 1.165) is 15.8 Å². The van der Waals surface area contributed by atoms with Crippen LogP contribution in [0.5, 0.6) is 11.5 Å². The Morgan fingerprint density at radius 2 is 1.83 bits per heavy atom. The molecule has 2 rings (SSSR count). The lowest BCUT2D eigenvalue weighted by Gasteiger charge is -2.08. The van der Waals surface area contributed by atoms with Crippen LogP contribution in [0.25, 0.3) is 0 Å². The number of methoxy groups -OCH3 is 1. The third-order valence-corrected chi connectivity index (χ3v) is 3.24. The molecular weight excluding hydrogens is 316 g/mol. The van der Waals surface area contributed by atoms with Crippen LogP contribution in [-0.2, 0) is 6.61 Å². The number of ether oxygens (including phenoxy) is 2. The second-order valence-corrected chi connectivity index (χ2v) is 5.03. The first-order valence-electron chi connectivity index (χ1n) is 5.40. The van der Waals surface area contributed by atoms with Crippen molar-refractivity contribution in [1.82, 2.24) is 0 Å². The Morgan fingerprint density at radius 1 is 1.11 bits per heavy atom. The highest BCUT2D eigenvalue weighted by Crippen LogP contribution is 2.28. The predicted molar refractivity (Wildman–Crippen MR) is 76.5 cm³/mol. The fourth-order valence-electron chi connectivity index (χ4n) is 1.48. The molecule has 0 saturated heterocycles. The summed E-state index contributed by atoms with van der Waals surface area (Å²) in [4.78, 5) is 0. The molecule has 4 heteroatoms. The van der Waals surface area contributed by atoms with E-state index < -0.39 is 0 Å². The highest BCUT2D eigenvalue weighted by Gasteiger charge is 2.02. The maximum atomic E-state index is 6.07. The van der Waals surface area contributed by atoms with Crippen LogP contribution >= 0.6 is 27.5 Å². The molecule has 0 saturated carbocycles. The molecule has 94 valence electrons. The standard InChI is InChI=1S/C14H12BrClO2/c1-17-12-5-2-10(3-6-12)9-18-14-7-4-11(15)8-13(14)16/h2-8H,9H2,1H3. The van der Waals surface area contributed by atoms with Crippen molar-refractivity contribution < 1.29 is 9.47 Å². The van der Waals surface area contributed by atoms with Gasteiger partial charge in [-0.05, 0) is 35.9 Å². The van der Waals surface area contributed by atoms with Gasteiger partial charge in [0.15, 0.2) is 0 Å². The first kappa shape index (κ1) is 13.2. The number of hydrogen-bond donors (Lipinski definition) is 0. The highest BCUT2D eigenvalue weighted by molar-refractivity contribution is 9.10. The van der Waals surface area contributed by atoms with Gasteiger partial charge in [0, 0.05) is 4.47 Å². The van der Waals surface area contributed by atoms with Crippen molar-refractivity contribution in [2.75, 3.05) is 7.11 Å². The number of hydrogen-bond acceptors (Lipinski definition) is 2. The average molecular weight is 328 g/mol. The minimum Gasteiger partial charge on any atom is -0.497 e. The van der Waals surface area contributed by atoms with Crippen LogP contribution in [0.4, 0.5) is 0 Å². The van der Waals surface area contributed by atoms with Crippen LogP contribution in [0.1, 0.15) is 5.56 Å². The normalized spacial score (nSPS) is 10.2. The number of rotatable bonds is 4. The quantitative estimate of drug-likeness (QED) is 0.811. The van der Waals surface area contributed by atoms with Crippen LogP contribution in [-0.4, -0.2) is 7.11 Å². The van der Waals surface area contributed by atoms with Gasteiger partial charge < -0.3 is 9.47 Å². The van der Waals surface area contributed by atoms with E-state index in [1.54, 1.807) is 7.11 Å². The van der Waals surface area contributed by atoms with Crippen LogP contribution in [0, 0.1) is 0 Å². The van der Waals surface area contributed by atoms with E-state index in [1.807, 2.05) is 42.5 Å². The molecule has 0 aliphatic carbocycles. The molecule has 2 nitrogen and oxygen atoms in total. The van der Waals surface area contributed by atoms with Crippen molar-refractivity contribution >= 4 is 27.5 Å². The number of halogens is 2. The van der Waals surface area contributed by atoms with Crippen molar-refractivity contribution in [3.05, 3.63) is 57.5 Å². The molecule has 0 radical (unpaired) electrons. The second kappa shape index (κ2) is 6.12. The Bertz CT molecular complexity index is 526. The molecule has 0 amide bonds. The molecule has 0 heterocycles. The van der Waals surface area contributed by atoms with Gasteiger partial charge in [-0.2, -0.15) is 0 Å². The van der Waals surface area contributed by atoms with Crippen LogP contribution in [0.15, 0.2) is 46.9 Å². The molecular formula is C14H12BrClO2. The van der Waals surface area contributed by atoms with Gasteiger partial charge in [0.05, 0.1) is 12.1 Å². The monoisotopic (exact) mass is 326 g/mol. The van der Waals surface area contributed by atoms with E-state index >= 15 is 0 Å². The Hall–Kier alpha value is -1.19. The van der Waals surface area contributed by atoms with Gasteiger partial charge in [0.25, 0.3) is 0 Å². The van der Waals surface area contributed by atoms with Crippen molar-refractivity contribution in [2.24, 2.45) is 0 Å². The molecule has 0 unspecified atom stereocenters. The van der Waals surface area contributed by atoms with Crippen LogP contribution in [0.3, 0.4) is 0 Å². The van der Waals surface area contributed by atoms with Gasteiger partial charge >= 0.3 is 0 Å². The lowest BCUT2D eigenvalue weighted by molar-refractivity contribution is 0.306. The van der Waals surface area contributed by atoms with Gasteiger partial charge in [0.1, 0.15) is 18.1 Å². The largest absolute Gasteiger partial charge is 0.497 e. The summed E-state index contributed by atoms with van der Waals surface area (Å²) in [7, 11) is 1.65. The molecule has 0 fully saturated rings. The maximum Gasteiger partial charge on any atom is 0.138 e. The molecule has 0 aliphatic heterocycles. The Morgan fingerprint density at radius 3 is 2.44 bits per heavy atom. The molecule has 2 aromatic rings. The summed E-state index contributed by atoms with van der Waals surface area (Å²) >= 11 is 9.42. The minimum absolute atomic E-state index is 0.478. The van der Waals surface area contributed by atoms with E-state index in [0.29, 0.717) is 17.4 Å². The molecule has 0 N–H and O–H groups in total. The zero-order valence-electron chi connectivity index (χ0n) is 9.82. The lowest BCUT2D eigenvalue weighted by Crippen LogP contribution is -1.96. The van der Waals surface area contributed by atoms with E-state index in [1.165, 1.54) is 0 Å². The van der Waals surface area contributed by atoms with Crippen molar-refractivity contribution in [3.8, 4) is 11.5 Å². The third-order valence-electron chi connectivity index (χ3n) is 2.45. The van der Waals surface area contributed by atoms with Crippen molar-refractivity contribution in [3.63, 3.8) is 0 Å². The van der Waals surface area contributed by atoms with E-state index in [-0.39, 0.29) is 0 Å². The van der Waals surface area contributed by atoms with Gasteiger partial charge in [-0.25, -0.2) is 0 Å². The summed E-state index contributed by atoms with van der Waals surface area (Å²) < 4.78 is 11.7. The van der Waals surface area contributed by atoms with E-state index in [9.17, 15) is 0 Å². The van der Waals surface area contributed by atoms with Gasteiger partial charge in [-0.15, -0.1) is 0 Å². The summed E-state index contributed by atoms with van der Waals surface area (Å²) in [5.41, 5.74) is 1.06. The Labute approximate surface area is 120 Å². The topological polar surface area (TPSA) is 18.5 Å². The molecule has 0 spiro atoms.